The van der Waals surface area contributed by atoms with E-state index >= 15 is 0 Å². The molecule has 30 heavy (non-hydrogen) atoms. The first-order valence-electron chi connectivity index (χ1n) is 10.8. The van der Waals surface area contributed by atoms with Crippen LogP contribution in [0.1, 0.15) is 31.2 Å². The van der Waals surface area contributed by atoms with E-state index in [1.54, 1.807) is 18.4 Å². The highest BCUT2D eigenvalue weighted by molar-refractivity contribution is 7.15. The Morgan fingerprint density at radius 2 is 2.10 bits per heavy atom. The molecule has 2 atom stereocenters. The number of nitrogens with one attached hydrogen (secondary N) is 1. The first kappa shape index (κ1) is 21.5. The minimum atomic E-state index is -0.0441. The van der Waals surface area contributed by atoms with Gasteiger partial charge in [-0.1, -0.05) is 26.0 Å². The van der Waals surface area contributed by atoms with E-state index in [1.165, 1.54) is 20.9 Å². The van der Waals surface area contributed by atoms with E-state index in [1.807, 2.05) is 4.90 Å². The zero-order valence-electron chi connectivity index (χ0n) is 18.7. The van der Waals surface area contributed by atoms with Crippen molar-refractivity contribution >= 4 is 22.9 Å². The highest BCUT2D eigenvalue weighted by atomic mass is 32.1. The smallest absolute Gasteiger partial charge is 0.241 e. The molecule has 6 heteroatoms. The summed E-state index contributed by atoms with van der Waals surface area (Å²) in [6.07, 6.45) is 0. The Morgan fingerprint density at radius 3 is 2.80 bits per heavy atom. The highest BCUT2D eigenvalue weighted by Crippen LogP contribution is 2.43. The Morgan fingerprint density at radius 1 is 1.30 bits per heavy atom. The minimum absolute atomic E-state index is 0.0441. The number of methoxy groups -OCH3 is 1. The van der Waals surface area contributed by atoms with Crippen molar-refractivity contribution in [2.75, 3.05) is 44.8 Å². The lowest BCUT2D eigenvalue weighted by atomic mass is 9.86. The Kier molecular flexibility index (Phi) is 6.04. The van der Waals surface area contributed by atoms with E-state index in [0.29, 0.717) is 19.2 Å². The monoisotopic (exact) mass is 427 g/mol. The van der Waals surface area contributed by atoms with Crippen molar-refractivity contribution in [1.29, 1.82) is 0 Å². The number of aryl methyl sites for hydroxylation is 1. The van der Waals surface area contributed by atoms with Gasteiger partial charge in [-0.25, -0.2) is 0 Å². The number of fused-ring (bicyclic) bond motifs is 1. The average molecular weight is 428 g/mol. The second kappa shape index (κ2) is 8.42. The number of thiophene rings is 1. The van der Waals surface area contributed by atoms with E-state index in [-0.39, 0.29) is 17.4 Å². The zero-order valence-corrected chi connectivity index (χ0v) is 19.5. The molecule has 1 fully saturated rings. The van der Waals surface area contributed by atoms with Gasteiger partial charge in [0.2, 0.25) is 5.91 Å². The Bertz CT molecular complexity index is 923. The Balaban J connectivity index is 1.60. The average Bonchev–Trinajstić information content (AvgIpc) is 3.25. The van der Waals surface area contributed by atoms with Gasteiger partial charge in [-0.15, -0.1) is 11.3 Å². The largest absolute Gasteiger partial charge is 0.383 e. The molecule has 162 valence electrons. The number of piperazine rings is 1. The summed E-state index contributed by atoms with van der Waals surface area (Å²) in [5, 5.41) is 3.50. The molecule has 0 bridgehead atoms. The van der Waals surface area contributed by atoms with Crippen LogP contribution in [0.2, 0.25) is 0 Å². The molecule has 5 nitrogen and oxygen atoms in total. The number of carbonyl (C=O) groups excluding carboxylic acids is 1. The maximum Gasteiger partial charge on any atom is 0.241 e. The normalized spacial score (nSPS) is 23.6. The third kappa shape index (κ3) is 4.19. The summed E-state index contributed by atoms with van der Waals surface area (Å²) in [5.74, 6) is 0.177. The topological polar surface area (TPSA) is 44.8 Å². The third-order valence-electron chi connectivity index (χ3n) is 6.32. The van der Waals surface area contributed by atoms with Gasteiger partial charge in [0.1, 0.15) is 0 Å². The molecule has 2 aliphatic rings. The van der Waals surface area contributed by atoms with Crippen LogP contribution < -0.4 is 10.2 Å². The lowest BCUT2D eigenvalue weighted by molar-refractivity contribution is -0.121. The van der Waals surface area contributed by atoms with Gasteiger partial charge in [0, 0.05) is 59.7 Å². The highest BCUT2D eigenvalue weighted by Gasteiger charge is 2.39. The van der Waals surface area contributed by atoms with Crippen LogP contribution in [0.5, 0.6) is 0 Å². The van der Waals surface area contributed by atoms with Crippen LogP contribution in [0.25, 0.3) is 10.4 Å². The van der Waals surface area contributed by atoms with Gasteiger partial charge < -0.3 is 15.0 Å². The first-order valence-corrected chi connectivity index (χ1v) is 11.6. The minimum Gasteiger partial charge on any atom is -0.383 e. The summed E-state index contributed by atoms with van der Waals surface area (Å²) in [5.41, 5.74) is 3.47. The molecule has 1 amide bonds. The van der Waals surface area contributed by atoms with Crippen LogP contribution in [0.4, 0.5) is 5.69 Å². The number of nitrogens with zero attached hydrogens (tertiary/aromatic N) is 2. The van der Waals surface area contributed by atoms with Crippen molar-refractivity contribution in [3.63, 3.8) is 0 Å². The summed E-state index contributed by atoms with van der Waals surface area (Å²) in [7, 11) is 1.73. The SMILES string of the molecule is COC[C@H]1CN[C@H](C)CN1CC(=O)N1CC(C)(C)c2ccc(-c3ccc(C)s3)cc21. The van der Waals surface area contributed by atoms with Crippen molar-refractivity contribution in [1.82, 2.24) is 10.2 Å². The molecule has 2 aliphatic heterocycles. The van der Waals surface area contributed by atoms with Gasteiger partial charge in [-0.3, -0.25) is 9.69 Å². The van der Waals surface area contributed by atoms with Crippen LogP contribution in [0, 0.1) is 6.92 Å². The Labute approximate surface area is 184 Å². The molecule has 0 unspecified atom stereocenters. The number of carbonyl (C=O) groups is 1. The van der Waals surface area contributed by atoms with Crippen LogP contribution in [-0.2, 0) is 14.9 Å². The van der Waals surface area contributed by atoms with Crippen molar-refractivity contribution in [2.24, 2.45) is 0 Å². The van der Waals surface area contributed by atoms with Gasteiger partial charge >= 0.3 is 0 Å². The number of anilines is 1. The molecule has 0 radical (unpaired) electrons. The molecule has 1 aromatic heterocycles. The van der Waals surface area contributed by atoms with E-state index < -0.39 is 0 Å². The molecule has 0 aliphatic carbocycles. The van der Waals surface area contributed by atoms with E-state index in [9.17, 15) is 4.79 Å². The lowest BCUT2D eigenvalue weighted by Crippen LogP contribution is -2.59. The van der Waals surface area contributed by atoms with Crippen LogP contribution in [0.15, 0.2) is 30.3 Å². The zero-order chi connectivity index (χ0) is 21.5. The van der Waals surface area contributed by atoms with Crippen LogP contribution in [0.3, 0.4) is 0 Å². The standard InChI is InChI=1S/C24H33N3O2S/c1-16-12-26(19(11-25-16)14-29-5)13-23(28)27-15-24(3,4)20-8-7-18(10-21(20)27)22-9-6-17(2)30-22/h6-10,16,19,25H,11-15H2,1-5H3/t16-,19-/m1/s1. The number of amides is 1. The van der Waals surface area contributed by atoms with Crippen molar-refractivity contribution in [2.45, 2.75) is 45.2 Å². The summed E-state index contributed by atoms with van der Waals surface area (Å²) < 4.78 is 5.40. The molecule has 2 aromatic rings. The number of hydrogen-bond donors (Lipinski definition) is 1. The molecule has 3 heterocycles. The second-order valence-corrected chi connectivity index (χ2v) is 10.6. The van der Waals surface area contributed by atoms with E-state index in [2.05, 4.69) is 68.2 Å². The van der Waals surface area contributed by atoms with Crippen molar-refractivity contribution in [3.8, 4) is 10.4 Å². The van der Waals surface area contributed by atoms with Crippen molar-refractivity contribution in [3.05, 3.63) is 40.8 Å². The maximum absolute atomic E-state index is 13.5. The fourth-order valence-electron chi connectivity index (χ4n) is 4.70. The molecule has 1 N–H and O–H groups in total. The molecular weight excluding hydrogens is 394 g/mol. The summed E-state index contributed by atoms with van der Waals surface area (Å²) in [6, 6.07) is 11.6. The van der Waals surface area contributed by atoms with Gasteiger partial charge in [0.15, 0.2) is 0 Å². The van der Waals surface area contributed by atoms with Crippen molar-refractivity contribution < 1.29 is 9.53 Å². The predicted octanol–water partition coefficient (Wildman–Crippen LogP) is 3.66. The van der Waals surface area contributed by atoms with E-state index in [0.717, 1.165) is 25.3 Å². The quantitative estimate of drug-likeness (QED) is 0.791. The molecular formula is C24H33N3O2S. The number of rotatable bonds is 5. The fourth-order valence-corrected chi connectivity index (χ4v) is 5.56. The number of benzene rings is 1. The molecule has 4 rings (SSSR count). The fraction of sp³-hybridized carbons (Fsp3) is 0.542. The van der Waals surface area contributed by atoms with Gasteiger partial charge in [0.05, 0.1) is 13.2 Å². The third-order valence-corrected chi connectivity index (χ3v) is 7.37. The van der Waals surface area contributed by atoms with Gasteiger partial charge in [0.25, 0.3) is 0 Å². The molecule has 0 saturated carbocycles. The second-order valence-electron chi connectivity index (χ2n) is 9.35. The van der Waals surface area contributed by atoms with E-state index in [4.69, 9.17) is 4.74 Å². The lowest BCUT2D eigenvalue weighted by Gasteiger charge is -2.39. The number of hydrogen-bond acceptors (Lipinski definition) is 5. The van der Waals surface area contributed by atoms with Crippen LogP contribution >= 0.6 is 11.3 Å². The molecule has 1 saturated heterocycles. The maximum atomic E-state index is 13.5. The Hall–Kier alpha value is -1.73. The summed E-state index contributed by atoms with van der Waals surface area (Å²) in [6.45, 7) is 12.3. The number of ether oxygens (including phenoxy) is 1. The first-order chi connectivity index (χ1) is 14.3. The van der Waals surface area contributed by atoms with Crippen LogP contribution in [-0.4, -0.2) is 62.8 Å². The summed E-state index contributed by atoms with van der Waals surface area (Å²) in [4.78, 5) is 20.3. The molecule has 1 aromatic carbocycles. The molecule has 0 spiro atoms. The predicted molar refractivity (Wildman–Crippen MR) is 125 cm³/mol. The summed E-state index contributed by atoms with van der Waals surface area (Å²) >= 11 is 1.80. The van der Waals surface area contributed by atoms with Gasteiger partial charge in [-0.05, 0) is 43.2 Å². The van der Waals surface area contributed by atoms with Gasteiger partial charge in [-0.2, -0.15) is 0 Å².